The normalized spacial score (nSPS) is 23.2. The summed E-state index contributed by atoms with van der Waals surface area (Å²) in [5.74, 6) is 0. The molecule has 0 bridgehead atoms. The van der Waals surface area contributed by atoms with Gasteiger partial charge in [-0.1, -0.05) is 55.4 Å². The molecule has 0 N–H and O–H groups in total. The molecule has 15 heavy (non-hydrogen) atoms. The van der Waals surface area contributed by atoms with Crippen molar-refractivity contribution in [3.8, 4) is 0 Å². The van der Waals surface area contributed by atoms with Crippen molar-refractivity contribution in [3.63, 3.8) is 0 Å². The Balaban J connectivity index is 3.08. The molecule has 1 rings (SSSR count). The highest BCUT2D eigenvalue weighted by molar-refractivity contribution is 8.44. The van der Waals surface area contributed by atoms with Crippen LogP contribution in [0.3, 0.4) is 0 Å². The summed E-state index contributed by atoms with van der Waals surface area (Å²) < 4.78 is 0. The van der Waals surface area contributed by atoms with E-state index in [4.69, 9.17) is 0 Å². The van der Waals surface area contributed by atoms with Gasteiger partial charge in [0.1, 0.15) is 0 Å². The summed E-state index contributed by atoms with van der Waals surface area (Å²) >= 11 is 0. The maximum absolute atomic E-state index is 2.53. The quantitative estimate of drug-likeness (QED) is 0.476. The zero-order chi connectivity index (χ0) is 12.0. The van der Waals surface area contributed by atoms with Crippen LogP contribution in [0, 0.1) is 0 Å². The molecule has 1 fully saturated rings. The van der Waals surface area contributed by atoms with Crippen LogP contribution in [0.4, 0.5) is 0 Å². The molecule has 1 heterocycles. The van der Waals surface area contributed by atoms with Gasteiger partial charge in [-0.05, 0) is 22.2 Å². The van der Waals surface area contributed by atoms with Gasteiger partial charge in [0.05, 0.1) is 14.5 Å². The Morgan fingerprint density at radius 2 is 0.733 bits per heavy atom. The van der Waals surface area contributed by atoms with Crippen LogP contribution in [-0.4, -0.2) is 14.5 Å². The second-order valence-corrected chi connectivity index (χ2v) is 30.8. The Morgan fingerprint density at radius 3 is 0.800 bits per heavy atom. The van der Waals surface area contributed by atoms with E-state index in [1.807, 2.05) is 0 Å². The highest BCUT2D eigenvalue weighted by Crippen LogP contribution is 2.78. The molecule has 0 radical (unpaired) electrons. The highest BCUT2D eigenvalue weighted by atomic mass is 31.8. The summed E-state index contributed by atoms with van der Waals surface area (Å²) in [5.41, 5.74) is 4.14. The second-order valence-electron chi connectivity index (χ2n) is 6.48. The van der Waals surface area contributed by atoms with Crippen LogP contribution >= 0.6 is 7.68 Å². The lowest BCUT2D eigenvalue weighted by Gasteiger charge is -2.34. The van der Waals surface area contributed by atoms with Crippen molar-refractivity contribution in [2.45, 2.75) is 77.6 Å². The molecule has 0 unspecified atom stereocenters. The van der Waals surface area contributed by atoms with Crippen LogP contribution in [0.15, 0.2) is 0 Å². The lowest BCUT2D eigenvalue weighted by atomic mass is 10.5. The van der Waals surface area contributed by atoms with Gasteiger partial charge in [-0.3, -0.25) is 0 Å². The van der Waals surface area contributed by atoms with Gasteiger partial charge in [0, 0.05) is 0 Å². The van der Waals surface area contributed by atoms with E-state index in [1.54, 1.807) is 0 Å². The molecule has 0 aromatic carbocycles. The SMILES string of the molecule is CC(C)[Si]1(C(C)C)P[Si]1(C(C)C)C(C)C. The molecule has 1 aliphatic rings. The van der Waals surface area contributed by atoms with Crippen molar-refractivity contribution in [1.29, 1.82) is 0 Å². The van der Waals surface area contributed by atoms with Crippen molar-refractivity contribution >= 4 is 22.2 Å². The molecule has 3 heteroatoms. The fourth-order valence-corrected chi connectivity index (χ4v) is 63.4. The van der Waals surface area contributed by atoms with Gasteiger partial charge in [0.2, 0.25) is 0 Å². The molecule has 0 aromatic heterocycles. The van der Waals surface area contributed by atoms with Crippen molar-refractivity contribution < 1.29 is 0 Å². The lowest BCUT2D eigenvalue weighted by Crippen LogP contribution is -2.44. The number of rotatable bonds is 4. The van der Waals surface area contributed by atoms with Gasteiger partial charge < -0.3 is 0 Å². The van der Waals surface area contributed by atoms with E-state index < -0.39 is 14.5 Å². The van der Waals surface area contributed by atoms with Crippen LogP contribution in [0.1, 0.15) is 55.4 Å². The van der Waals surface area contributed by atoms with Crippen molar-refractivity contribution in [1.82, 2.24) is 0 Å². The number of hydrogen-bond donors (Lipinski definition) is 0. The average molecular weight is 261 g/mol. The molecule has 0 atom stereocenters. The molecule has 1 aliphatic heterocycles. The van der Waals surface area contributed by atoms with Crippen molar-refractivity contribution in [2.24, 2.45) is 0 Å². The summed E-state index contributed by atoms with van der Waals surface area (Å²) in [5, 5.41) is 0. The fourth-order valence-electron chi connectivity index (χ4n) is 4.13. The molecule has 0 aliphatic carbocycles. The Morgan fingerprint density at radius 1 is 0.533 bits per heavy atom. The smallest absolute Gasteiger partial charge is 0.0773 e. The molecule has 0 spiro atoms. The first-order valence-electron chi connectivity index (χ1n) is 6.52. The predicted octanol–water partition coefficient (Wildman–Crippen LogP) is 5.29. The first kappa shape index (κ1) is 13.9. The minimum Gasteiger partial charge on any atom is -0.146 e. The molecule has 1 saturated heterocycles. The summed E-state index contributed by atoms with van der Waals surface area (Å²) in [6.45, 7) is 20.2. The predicted molar refractivity (Wildman–Crippen MR) is 80.2 cm³/mol. The average Bonchev–Trinajstić information content (AvgIpc) is 2.74. The van der Waals surface area contributed by atoms with E-state index in [1.165, 1.54) is 7.68 Å². The Hall–Kier alpha value is 0.864. The molecule has 0 aromatic rings. The van der Waals surface area contributed by atoms with Gasteiger partial charge >= 0.3 is 0 Å². The number of hydrogen-bond acceptors (Lipinski definition) is 0. The monoisotopic (exact) mass is 260 g/mol. The third-order valence-corrected chi connectivity index (χ3v) is 46.7. The van der Waals surface area contributed by atoms with E-state index in [0.717, 1.165) is 22.2 Å². The zero-order valence-electron chi connectivity index (χ0n) is 11.8. The van der Waals surface area contributed by atoms with Gasteiger partial charge in [-0.25, -0.2) is 0 Å². The summed E-state index contributed by atoms with van der Waals surface area (Å²) in [6, 6.07) is 0. The van der Waals surface area contributed by atoms with E-state index >= 15 is 0 Å². The van der Waals surface area contributed by atoms with Crippen molar-refractivity contribution in [3.05, 3.63) is 0 Å². The largest absolute Gasteiger partial charge is 0.146 e. The van der Waals surface area contributed by atoms with E-state index in [-0.39, 0.29) is 0 Å². The van der Waals surface area contributed by atoms with Gasteiger partial charge in [0.15, 0.2) is 0 Å². The lowest BCUT2D eigenvalue weighted by molar-refractivity contribution is 0.915. The molecule has 0 nitrogen and oxygen atoms in total. The standard InChI is InChI=1S/C12H29PSi2/c1-9(2)14(10(3)4)13-15(14,11(5)6)12(7)8/h9-13H,1-8H3. The Labute approximate surface area is 99.9 Å². The first-order chi connectivity index (χ1) is 6.73. The Bertz CT molecular complexity index is 194. The fraction of sp³-hybridized carbons (Fsp3) is 1.00. The van der Waals surface area contributed by atoms with E-state index in [2.05, 4.69) is 55.4 Å². The minimum absolute atomic E-state index is 0.847. The third-order valence-electron chi connectivity index (χ3n) is 4.68. The molecular weight excluding hydrogens is 231 g/mol. The maximum Gasteiger partial charge on any atom is 0.0773 e. The van der Waals surface area contributed by atoms with Gasteiger partial charge in [0.25, 0.3) is 0 Å². The molecule has 0 amide bonds. The van der Waals surface area contributed by atoms with Crippen LogP contribution in [-0.2, 0) is 0 Å². The molecule has 0 saturated carbocycles. The van der Waals surface area contributed by atoms with Crippen LogP contribution < -0.4 is 0 Å². The topological polar surface area (TPSA) is 0 Å². The summed E-state index contributed by atoms with van der Waals surface area (Å²) in [7, 11) is -0.239. The van der Waals surface area contributed by atoms with E-state index in [0.29, 0.717) is 0 Å². The third kappa shape index (κ3) is 1.72. The zero-order valence-corrected chi connectivity index (χ0v) is 14.8. The second kappa shape index (κ2) is 4.27. The van der Waals surface area contributed by atoms with Crippen molar-refractivity contribution in [2.75, 3.05) is 0 Å². The molecule has 90 valence electrons. The van der Waals surface area contributed by atoms with Crippen LogP contribution in [0.2, 0.25) is 22.2 Å². The van der Waals surface area contributed by atoms with Gasteiger partial charge in [-0.2, -0.15) is 0 Å². The highest BCUT2D eigenvalue weighted by Gasteiger charge is 2.74. The summed E-state index contributed by atoms with van der Waals surface area (Å²) in [4.78, 5) is 0. The molecular formula is C12H29PSi2. The van der Waals surface area contributed by atoms with Gasteiger partial charge in [-0.15, -0.1) is 7.68 Å². The van der Waals surface area contributed by atoms with Crippen LogP contribution in [0.25, 0.3) is 0 Å². The van der Waals surface area contributed by atoms with E-state index in [9.17, 15) is 0 Å². The first-order valence-corrected chi connectivity index (χ1v) is 14.8. The summed E-state index contributed by atoms with van der Waals surface area (Å²) in [6.07, 6.45) is 0. The van der Waals surface area contributed by atoms with Crippen LogP contribution in [0.5, 0.6) is 0 Å². The Kier molecular flexibility index (Phi) is 3.97. The minimum atomic E-state index is -0.847. The maximum atomic E-state index is 2.53.